The molecule has 0 aromatic heterocycles. The number of piperazine rings is 1. The van der Waals surface area contributed by atoms with Crippen LogP contribution < -0.4 is 0 Å². The molecule has 0 spiro atoms. The van der Waals surface area contributed by atoms with Gasteiger partial charge in [0.05, 0.1) is 12.0 Å². The van der Waals surface area contributed by atoms with Gasteiger partial charge in [-0.1, -0.05) is 91.0 Å². The monoisotopic (exact) mass is 465 g/mol. The molecule has 2 amide bonds. The number of benzene rings is 3. The Morgan fingerprint density at radius 2 is 1.49 bits per heavy atom. The molecule has 0 radical (unpaired) electrons. The van der Waals surface area contributed by atoms with E-state index in [-0.39, 0.29) is 17.9 Å². The quantitative estimate of drug-likeness (QED) is 0.559. The van der Waals surface area contributed by atoms with Crippen molar-refractivity contribution < 1.29 is 9.59 Å². The molecule has 5 nitrogen and oxygen atoms in total. The Bertz CT molecular complexity index is 1200. The molecular formula is C30H31N3O2. The summed E-state index contributed by atoms with van der Waals surface area (Å²) in [5.41, 5.74) is 3.65. The van der Waals surface area contributed by atoms with E-state index >= 15 is 0 Å². The SMILES string of the molecule is CN1C(=O)c2ccccc2[C@@H](C(=O)N2CCN(C/C=C/c3ccccc3)CC2)[C@@H]1c1ccccc1. The number of fused-ring (bicyclic) bond motifs is 1. The highest BCUT2D eigenvalue weighted by Gasteiger charge is 2.44. The molecule has 5 heteroatoms. The van der Waals surface area contributed by atoms with Crippen LogP contribution >= 0.6 is 0 Å². The number of rotatable bonds is 5. The molecule has 5 rings (SSSR count). The van der Waals surface area contributed by atoms with Crippen molar-refractivity contribution in [1.29, 1.82) is 0 Å². The summed E-state index contributed by atoms with van der Waals surface area (Å²) in [4.78, 5) is 33.3. The van der Waals surface area contributed by atoms with E-state index in [2.05, 4.69) is 29.2 Å². The van der Waals surface area contributed by atoms with Crippen molar-refractivity contribution in [1.82, 2.24) is 14.7 Å². The predicted molar refractivity (Wildman–Crippen MR) is 139 cm³/mol. The molecule has 2 aliphatic heterocycles. The molecule has 0 bridgehead atoms. The molecule has 178 valence electrons. The fourth-order valence-electron chi connectivity index (χ4n) is 5.26. The molecule has 2 aliphatic rings. The summed E-state index contributed by atoms with van der Waals surface area (Å²) in [6, 6.07) is 27.5. The first kappa shape index (κ1) is 23.1. The number of hydrogen-bond acceptors (Lipinski definition) is 3. The van der Waals surface area contributed by atoms with Gasteiger partial charge in [0.25, 0.3) is 5.91 Å². The highest BCUT2D eigenvalue weighted by Crippen LogP contribution is 2.42. The zero-order valence-electron chi connectivity index (χ0n) is 20.1. The maximum atomic E-state index is 14.0. The highest BCUT2D eigenvalue weighted by molar-refractivity contribution is 6.01. The summed E-state index contributed by atoms with van der Waals surface area (Å²) in [5, 5.41) is 0. The topological polar surface area (TPSA) is 43.9 Å². The smallest absolute Gasteiger partial charge is 0.254 e. The second-order valence-corrected chi connectivity index (χ2v) is 9.28. The average Bonchev–Trinajstić information content (AvgIpc) is 2.92. The van der Waals surface area contributed by atoms with Crippen LogP contribution in [0.3, 0.4) is 0 Å². The van der Waals surface area contributed by atoms with E-state index in [1.165, 1.54) is 5.56 Å². The lowest BCUT2D eigenvalue weighted by molar-refractivity contribution is -0.136. The Morgan fingerprint density at radius 1 is 0.857 bits per heavy atom. The van der Waals surface area contributed by atoms with Gasteiger partial charge < -0.3 is 9.80 Å². The Hall–Kier alpha value is -3.70. The minimum Gasteiger partial charge on any atom is -0.340 e. The van der Waals surface area contributed by atoms with Gasteiger partial charge in [-0.15, -0.1) is 0 Å². The molecule has 0 aliphatic carbocycles. The van der Waals surface area contributed by atoms with Crippen LogP contribution in [0, 0.1) is 0 Å². The van der Waals surface area contributed by atoms with Crippen molar-refractivity contribution in [3.8, 4) is 0 Å². The standard InChI is InChI=1S/C30H31N3O2/c1-31-28(24-14-6-3-7-15-24)27(25-16-8-9-17-26(25)29(31)34)30(35)33-21-19-32(20-22-33)18-10-13-23-11-4-2-5-12-23/h2-17,27-28H,18-22H2,1H3/b13-10+/t27-,28+/m1/s1. The summed E-state index contributed by atoms with van der Waals surface area (Å²) < 4.78 is 0. The Morgan fingerprint density at radius 3 is 2.20 bits per heavy atom. The van der Waals surface area contributed by atoms with Crippen molar-refractivity contribution in [3.63, 3.8) is 0 Å². The van der Waals surface area contributed by atoms with E-state index in [4.69, 9.17) is 0 Å². The van der Waals surface area contributed by atoms with Gasteiger partial charge in [-0.05, 0) is 22.8 Å². The molecule has 3 aromatic rings. The maximum absolute atomic E-state index is 14.0. The third kappa shape index (κ3) is 4.77. The van der Waals surface area contributed by atoms with Crippen LogP contribution in [-0.2, 0) is 4.79 Å². The molecule has 0 saturated carbocycles. The van der Waals surface area contributed by atoms with Crippen molar-refractivity contribution >= 4 is 17.9 Å². The van der Waals surface area contributed by atoms with Crippen LogP contribution in [0.4, 0.5) is 0 Å². The van der Waals surface area contributed by atoms with Gasteiger partial charge in [-0.25, -0.2) is 0 Å². The number of hydrogen-bond donors (Lipinski definition) is 0. The summed E-state index contributed by atoms with van der Waals surface area (Å²) in [6.07, 6.45) is 4.34. The third-order valence-corrected chi connectivity index (χ3v) is 7.14. The lowest BCUT2D eigenvalue weighted by Gasteiger charge is -2.43. The molecule has 2 heterocycles. The number of amides is 2. The van der Waals surface area contributed by atoms with Crippen LogP contribution in [0.15, 0.2) is 91.0 Å². The van der Waals surface area contributed by atoms with E-state index < -0.39 is 5.92 Å². The van der Waals surface area contributed by atoms with E-state index in [1.807, 2.05) is 84.7 Å². The fraction of sp³-hybridized carbons (Fsp3) is 0.267. The van der Waals surface area contributed by atoms with E-state index in [1.54, 1.807) is 4.90 Å². The summed E-state index contributed by atoms with van der Waals surface area (Å²) >= 11 is 0. The van der Waals surface area contributed by atoms with Crippen molar-refractivity contribution in [2.45, 2.75) is 12.0 Å². The zero-order chi connectivity index (χ0) is 24.2. The predicted octanol–water partition coefficient (Wildman–Crippen LogP) is 4.45. The zero-order valence-corrected chi connectivity index (χ0v) is 20.1. The lowest BCUT2D eigenvalue weighted by Crippen LogP contribution is -2.52. The Balaban J connectivity index is 1.33. The van der Waals surface area contributed by atoms with Gasteiger partial charge >= 0.3 is 0 Å². The van der Waals surface area contributed by atoms with Crippen LogP contribution in [0.2, 0.25) is 0 Å². The van der Waals surface area contributed by atoms with Gasteiger partial charge in [-0.2, -0.15) is 0 Å². The number of nitrogens with zero attached hydrogens (tertiary/aromatic N) is 3. The van der Waals surface area contributed by atoms with Gasteiger partial charge in [0.1, 0.15) is 0 Å². The normalized spacial score (nSPS) is 20.8. The third-order valence-electron chi connectivity index (χ3n) is 7.14. The van der Waals surface area contributed by atoms with Gasteiger partial charge in [0.15, 0.2) is 0 Å². The first-order valence-corrected chi connectivity index (χ1v) is 12.3. The molecule has 2 atom stereocenters. The molecule has 35 heavy (non-hydrogen) atoms. The first-order chi connectivity index (χ1) is 17.1. The fourth-order valence-corrected chi connectivity index (χ4v) is 5.26. The first-order valence-electron chi connectivity index (χ1n) is 12.3. The molecule has 3 aromatic carbocycles. The van der Waals surface area contributed by atoms with E-state index in [0.717, 1.165) is 30.8 Å². The van der Waals surface area contributed by atoms with Crippen LogP contribution in [0.25, 0.3) is 6.08 Å². The average molecular weight is 466 g/mol. The number of likely N-dealkylation sites (N-methyl/N-ethyl adjacent to an activating group) is 1. The Labute approximate surface area is 207 Å². The van der Waals surface area contributed by atoms with Crippen LogP contribution in [0.1, 0.15) is 39.0 Å². The molecule has 0 unspecified atom stereocenters. The molecular weight excluding hydrogens is 434 g/mol. The van der Waals surface area contributed by atoms with Crippen molar-refractivity contribution in [3.05, 3.63) is 113 Å². The highest BCUT2D eigenvalue weighted by atomic mass is 16.2. The minimum absolute atomic E-state index is 0.0338. The van der Waals surface area contributed by atoms with Gasteiger partial charge in [0.2, 0.25) is 5.91 Å². The van der Waals surface area contributed by atoms with E-state index in [9.17, 15) is 9.59 Å². The summed E-state index contributed by atoms with van der Waals surface area (Å²) in [6.45, 7) is 3.92. The number of carbonyl (C=O) groups excluding carboxylic acids is 2. The van der Waals surface area contributed by atoms with Crippen LogP contribution in [0.5, 0.6) is 0 Å². The number of carbonyl (C=O) groups is 2. The second-order valence-electron chi connectivity index (χ2n) is 9.28. The van der Waals surface area contributed by atoms with Gasteiger partial charge in [0, 0.05) is 45.3 Å². The van der Waals surface area contributed by atoms with Crippen LogP contribution in [-0.4, -0.2) is 66.3 Å². The maximum Gasteiger partial charge on any atom is 0.254 e. The lowest BCUT2D eigenvalue weighted by atomic mass is 9.79. The van der Waals surface area contributed by atoms with Crippen molar-refractivity contribution in [2.24, 2.45) is 0 Å². The minimum atomic E-state index is -0.416. The Kier molecular flexibility index (Phi) is 6.77. The van der Waals surface area contributed by atoms with E-state index in [0.29, 0.717) is 18.7 Å². The largest absolute Gasteiger partial charge is 0.340 e. The second kappa shape index (κ2) is 10.3. The molecule has 1 saturated heterocycles. The van der Waals surface area contributed by atoms with Gasteiger partial charge in [-0.3, -0.25) is 14.5 Å². The summed E-state index contributed by atoms with van der Waals surface area (Å²) in [7, 11) is 1.81. The molecule has 0 N–H and O–H groups in total. The molecule has 1 fully saturated rings. The van der Waals surface area contributed by atoms with Crippen molar-refractivity contribution in [2.75, 3.05) is 39.8 Å². The summed E-state index contributed by atoms with van der Waals surface area (Å²) in [5.74, 6) is -0.348.